The average molecular weight is 456 g/mol. The predicted molar refractivity (Wildman–Crippen MR) is 117 cm³/mol. The summed E-state index contributed by atoms with van der Waals surface area (Å²) in [6, 6.07) is 7.57. The zero-order valence-corrected chi connectivity index (χ0v) is 21.6. The molecule has 0 amide bonds. The summed E-state index contributed by atoms with van der Waals surface area (Å²) in [4.78, 5) is 9.58. The fourth-order valence-corrected chi connectivity index (χ4v) is 3.76. The number of rotatable bonds is 19. The van der Waals surface area contributed by atoms with Crippen molar-refractivity contribution in [3.63, 3.8) is 0 Å². The largest absolute Gasteiger partial charge is 0.306 e. The van der Waals surface area contributed by atoms with Gasteiger partial charge in [-0.2, -0.15) is 8.42 Å². The minimum absolute atomic E-state index is 0. The molecule has 0 aromatic heterocycles. The Morgan fingerprint density at radius 2 is 1.40 bits per heavy atom. The standard InChI is InChI=1S/C21H36O7S.Na/c1-3-5-7-8-9-10-11-12-20-13-15-21(16-14-20)26-28-27-24-17-18-25-29(22,23)19-6-4-2;/h13-16H,3-12,17-19H2,1-2H3;. The topological polar surface area (TPSA) is 80.3 Å². The summed E-state index contributed by atoms with van der Waals surface area (Å²) in [6.07, 6.45) is 11.5. The molecule has 0 fully saturated rings. The first-order valence-corrected chi connectivity index (χ1v) is 12.2. The van der Waals surface area contributed by atoms with Gasteiger partial charge in [0.25, 0.3) is 10.1 Å². The van der Waals surface area contributed by atoms with Gasteiger partial charge in [-0.1, -0.05) is 70.9 Å². The van der Waals surface area contributed by atoms with Crippen LogP contribution < -0.4 is 4.89 Å². The summed E-state index contributed by atoms with van der Waals surface area (Å²) in [5.41, 5.74) is 1.25. The quantitative estimate of drug-likeness (QED) is 0.0963. The van der Waals surface area contributed by atoms with Crippen LogP contribution in [0.1, 0.15) is 77.2 Å². The van der Waals surface area contributed by atoms with Gasteiger partial charge in [-0.05, 0) is 42.0 Å². The number of unbranched alkanes of at least 4 members (excludes halogenated alkanes) is 7. The SMILES string of the molecule is CCCCCCCCCc1ccc(OOOOCCOS(=O)(=O)CCCC)cc1.[Na]. The molecule has 1 aromatic rings. The molecule has 0 bridgehead atoms. The summed E-state index contributed by atoms with van der Waals surface area (Å²) < 4.78 is 27.7. The number of hydrogen-bond acceptors (Lipinski definition) is 7. The van der Waals surface area contributed by atoms with E-state index in [0.717, 1.165) is 12.8 Å². The molecular weight excluding hydrogens is 419 g/mol. The van der Waals surface area contributed by atoms with Crippen LogP contribution in [-0.2, 0) is 35.7 Å². The van der Waals surface area contributed by atoms with Crippen molar-refractivity contribution in [3.8, 4) is 5.75 Å². The van der Waals surface area contributed by atoms with Crippen LogP contribution in [0.4, 0.5) is 0 Å². The van der Waals surface area contributed by atoms with Crippen LogP contribution in [0, 0.1) is 0 Å². The second kappa shape index (κ2) is 19.5. The average Bonchev–Trinajstić information content (AvgIpc) is 2.72. The molecule has 0 N–H and O–H groups in total. The van der Waals surface area contributed by atoms with E-state index >= 15 is 0 Å². The molecule has 0 aliphatic heterocycles. The minimum atomic E-state index is -3.51. The molecule has 0 saturated carbocycles. The Hall–Kier alpha value is -0.190. The van der Waals surface area contributed by atoms with Crippen LogP contribution >= 0.6 is 0 Å². The summed E-state index contributed by atoms with van der Waals surface area (Å²) in [7, 11) is -3.51. The Balaban J connectivity index is 0.00000841. The smallest absolute Gasteiger partial charge is 0.267 e. The molecular formula is C21H36NaO7S. The monoisotopic (exact) mass is 455 g/mol. The summed E-state index contributed by atoms with van der Waals surface area (Å²) >= 11 is 0. The van der Waals surface area contributed by atoms with Crippen molar-refractivity contribution in [1.29, 1.82) is 0 Å². The summed E-state index contributed by atoms with van der Waals surface area (Å²) in [5.74, 6) is 0.481. The molecule has 0 spiro atoms. The Bertz CT molecular complexity index is 608. The van der Waals surface area contributed by atoms with E-state index in [1.165, 1.54) is 50.5 Å². The Morgan fingerprint density at radius 3 is 2.07 bits per heavy atom. The van der Waals surface area contributed by atoms with Crippen molar-refractivity contribution in [1.82, 2.24) is 0 Å². The molecule has 1 radical (unpaired) electrons. The fourth-order valence-electron chi connectivity index (χ4n) is 2.68. The van der Waals surface area contributed by atoms with Gasteiger partial charge >= 0.3 is 0 Å². The first-order valence-electron chi connectivity index (χ1n) is 10.7. The maximum absolute atomic E-state index is 11.5. The molecule has 0 atom stereocenters. The van der Waals surface area contributed by atoms with E-state index in [1.54, 1.807) is 12.1 Å². The second-order valence-corrected chi connectivity index (χ2v) is 8.75. The Kier molecular flexibility index (Phi) is 19.4. The van der Waals surface area contributed by atoms with Gasteiger partial charge in [0.15, 0.2) is 5.75 Å². The molecule has 0 saturated heterocycles. The van der Waals surface area contributed by atoms with E-state index in [2.05, 4.69) is 21.9 Å². The third kappa shape index (κ3) is 16.5. The molecule has 1 aromatic carbocycles. The van der Waals surface area contributed by atoms with Gasteiger partial charge in [0, 0.05) is 34.6 Å². The van der Waals surface area contributed by atoms with Crippen LogP contribution in [0.2, 0.25) is 0 Å². The van der Waals surface area contributed by atoms with Crippen LogP contribution in [0.15, 0.2) is 24.3 Å². The Labute approximate surface area is 204 Å². The van der Waals surface area contributed by atoms with Gasteiger partial charge in [-0.25, -0.2) is 4.89 Å². The van der Waals surface area contributed by atoms with E-state index < -0.39 is 10.1 Å². The van der Waals surface area contributed by atoms with Crippen molar-refractivity contribution in [2.75, 3.05) is 19.0 Å². The summed E-state index contributed by atoms with van der Waals surface area (Å²) in [5, 5.41) is 8.86. The number of hydrogen-bond donors (Lipinski definition) is 0. The van der Waals surface area contributed by atoms with Gasteiger partial charge in [0.1, 0.15) is 6.61 Å². The first-order chi connectivity index (χ1) is 14.1. The minimum Gasteiger partial charge on any atom is -0.306 e. The molecule has 1 rings (SSSR count). The van der Waals surface area contributed by atoms with Gasteiger partial charge < -0.3 is 4.89 Å². The van der Waals surface area contributed by atoms with Gasteiger partial charge in [0.2, 0.25) is 0 Å². The predicted octanol–water partition coefficient (Wildman–Crippen LogP) is 4.92. The maximum atomic E-state index is 11.5. The van der Waals surface area contributed by atoms with E-state index in [1.807, 2.05) is 19.1 Å². The van der Waals surface area contributed by atoms with E-state index in [-0.39, 0.29) is 48.5 Å². The van der Waals surface area contributed by atoms with Crippen LogP contribution in [0.25, 0.3) is 0 Å². The maximum Gasteiger partial charge on any atom is 0.267 e. The molecule has 30 heavy (non-hydrogen) atoms. The van der Waals surface area contributed by atoms with Crippen LogP contribution in [-0.4, -0.2) is 56.9 Å². The molecule has 0 aliphatic rings. The van der Waals surface area contributed by atoms with E-state index in [4.69, 9.17) is 9.07 Å². The van der Waals surface area contributed by atoms with E-state index in [9.17, 15) is 8.42 Å². The van der Waals surface area contributed by atoms with Gasteiger partial charge in [0.05, 0.1) is 12.4 Å². The molecule has 0 aliphatic carbocycles. The van der Waals surface area contributed by atoms with Crippen molar-refractivity contribution in [2.45, 2.75) is 78.1 Å². The van der Waals surface area contributed by atoms with Crippen LogP contribution in [0.5, 0.6) is 5.75 Å². The zero-order valence-electron chi connectivity index (χ0n) is 18.8. The van der Waals surface area contributed by atoms with Crippen molar-refractivity contribution in [2.24, 2.45) is 0 Å². The molecule has 0 heterocycles. The number of aryl methyl sites for hydroxylation is 1. The molecule has 9 heteroatoms. The second-order valence-electron chi connectivity index (χ2n) is 6.99. The van der Waals surface area contributed by atoms with Gasteiger partial charge in [-0.15, -0.1) is 0 Å². The molecule has 169 valence electrons. The normalized spacial score (nSPS) is 11.3. The Morgan fingerprint density at radius 1 is 0.767 bits per heavy atom. The first kappa shape index (κ1) is 29.8. The van der Waals surface area contributed by atoms with Gasteiger partial charge in [-0.3, -0.25) is 4.18 Å². The third-order valence-corrected chi connectivity index (χ3v) is 5.69. The summed E-state index contributed by atoms with van der Waals surface area (Å²) in [6.45, 7) is 3.89. The zero-order chi connectivity index (χ0) is 21.2. The van der Waals surface area contributed by atoms with Crippen molar-refractivity contribution >= 4 is 39.7 Å². The third-order valence-electron chi connectivity index (χ3n) is 4.38. The van der Waals surface area contributed by atoms with Crippen molar-refractivity contribution in [3.05, 3.63) is 29.8 Å². The van der Waals surface area contributed by atoms with Crippen molar-refractivity contribution < 1.29 is 32.5 Å². The molecule has 0 unspecified atom stereocenters. The fraction of sp³-hybridized carbons (Fsp3) is 0.714. The molecule has 7 nitrogen and oxygen atoms in total. The van der Waals surface area contributed by atoms with E-state index in [0.29, 0.717) is 12.2 Å². The number of benzene rings is 1. The van der Waals surface area contributed by atoms with Crippen LogP contribution in [0.3, 0.4) is 0 Å².